The number of fused-ring (bicyclic) bond motifs is 1. The first-order valence-electron chi connectivity index (χ1n) is 10.0. The summed E-state index contributed by atoms with van der Waals surface area (Å²) in [5.41, 5.74) is 2.09. The number of allylic oxidation sites excluding steroid dienone is 4. The molecule has 0 aliphatic rings. The zero-order chi connectivity index (χ0) is 21.8. The summed E-state index contributed by atoms with van der Waals surface area (Å²) in [6.07, 6.45) is 5.09. The van der Waals surface area contributed by atoms with Crippen molar-refractivity contribution in [2.24, 2.45) is 0 Å². The molecule has 2 nitrogen and oxygen atoms in total. The minimum atomic E-state index is -3.09. The standard InChI is InChI=1S/C28H23O2P/c1-3-8-26(4-2)31(30,27-9-6-5-7-10-27)28-18-15-23-19-22(11-12-24(23)20-28)21-13-16-25(29)17-14-21/h3-20,29H,1-2H2/b26-8+. The molecule has 4 aromatic rings. The van der Waals surface area contributed by atoms with Gasteiger partial charge in [-0.05, 0) is 46.2 Å². The molecule has 0 spiro atoms. The Balaban J connectivity index is 1.86. The monoisotopic (exact) mass is 422 g/mol. The maximum absolute atomic E-state index is 14.5. The van der Waals surface area contributed by atoms with Gasteiger partial charge in [-0.15, -0.1) is 0 Å². The van der Waals surface area contributed by atoms with Crippen LogP contribution in [-0.2, 0) is 4.57 Å². The maximum Gasteiger partial charge on any atom is 0.171 e. The van der Waals surface area contributed by atoms with E-state index < -0.39 is 7.14 Å². The molecule has 0 saturated heterocycles. The van der Waals surface area contributed by atoms with Gasteiger partial charge in [-0.1, -0.05) is 98.1 Å². The summed E-state index contributed by atoms with van der Waals surface area (Å²) in [6.45, 7) is 7.69. The third-order valence-corrected chi connectivity index (χ3v) is 8.46. The largest absolute Gasteiger partial charge is 0.508 e. The van der Waals surface area contributed by atoms with E-state index in [-0.39, 0.29) is 5.75 Å². The summed E-state index contributed by atoms with van der Waals surface area (Å²) in [5, 5.41) is 13.8. The molecular formula is C28H23O2P. The van der Waals surface area contributed by atoms with E-state index in [2.05, 4.69) is 19.2 Å². The number of aromatic hydroxyl groups is 1. The van der Waals surface area contributed by atoms with Crippen LogP contribution < -0.4 is 10.6 Å². The van der Waals surface area contributed by atoms with Crippen LogP contribution in [0, 0.1) is 0 Å². The van der Waals surface area contributed by atoms with Gasteiger partial charge in [0.25, 0.3) is 0 Å². The molecule has 1 unspecified atom stereocenters. The van der Waals surface area contributed by atoms with Gasteiger partial charge < -0.3 is 9.67 Å². The summed E-state index contributed by atoms with van der Waals surface area (Å²) in [4.78, 5) is 0. The minimum Gasteiger partial charge on any atom is -0.508 e. The van der Waals surface area contributed by atoms with Crippen LogP contribution in [0.3, 0.4) is 0 Å². The van der Waals surface area contributed by atoms with Crippen molar-refractivity contribution in [3.8, 4) is 16.9 Å². The molecule has 0 saturated carbocycles. The van der Waals surface area contributed by atoms with Crippen LogP contribution in [0.4, 0.5) is 0 Å². The Morgan fingerprint density at radius 3 is 2.06 bits per heavy atom. The molecular weight excluding hydrogens is 399 g/mol. The maximum atomic E-state index is 14.5. The van der Waals surface area contributed by atoms with Gasteiger partial charge in [0.2, 0.25) is 0 Å². The molecule has 4 aromatic carbocycles. The van der Waals surface area contributed by atoms with Crippen molar-refractivity contribution in [1.29, 1.82) is 0 Å². The number of hydrogen-bond donors (Lipinski definition) is 1. The van der Waals surface area contributed by atoms with E-state index in [4.69, 9.17) is 0 Å². The van der Waals surface area contributed by atoms with E-state index >= 15 is 0 Å². The van der Waals surface area contributed by atoms with Crippen molar-refractivity contribution in [2.45, 2.75) is 0 Å². The predicted molar refractivity (Wildman–Crippen MR) is 133 cm³/mol. The molecule has 3 heteroatoms. The first-order valence-corrected chi connectivity index (χ1v) is 11.7. The Bertz CT molecular complexity index is 1330. The fraction of sp³-hybridized carbons (Fsp3) is 0. The lowest BCUT2D eigenvalue weighted by Crippen LogP contribution is -2.17. The molecule has 1 atom stereocenters. The van der Waals surface area contributed by atoms with Gasteiger partial charge in [-0.3, -0.25) is 0 Å². The van der Waals surface area contributed by atoms with Crippen molar-refractivity contribution in [3.05, 3.63) is 128 Å². The molecule has 4 rings (SSSR count). The lowest BCUT2D eigenvalue weighted by atomic mass is 10.0. The first kappa shape index (κ1) is 20.7. The second-order valence-corrected chi connectivity index (χ2v) is 10.0. The second kappa shape index (κ2) is 8.63. The summed E-state index contributed by atoms with van der Waals surface area (Å²) in [7, 11) is -3.09. The second-order valence-electron chi connectivity index (χ2n) is 7.27. The first-order chi connectivity index (χ1) is 15.1. The smallest absolute Gasteiger partial charge is 0.171 e. The van der Waals surface area contributed by atoms with Crippen LogP contribution in [-0.4, -0.2) is 5.11 Å². The summed E-state index contributed by atoms with van der Waals surface area (Å²) >= 11 is 0. The zero-order valence-corrected chi connectivity index (χ0v) is 18.0. The Morgan fingerprint density at radius 2 is 1.39 bits per heavy atom. The van der Waals surface area contributed by atoms with Crippen LogP contribution >= 0.6 is 7.14 Å². The Morgan fingerprint density at radius 1 is 0.742 bits per heavy atom. The molecule has 0 amide bonds. The Hall–Kier alpha value is -3.61. The Labute approximate surface area is 182 Å². The van der Waals surface area contributed by atoms with Gasteiger partial charge in [-0.25, -0.2) is 0 Å². The van der Waals surface area contributed by atoms with Crippen molar-refractivity contribution < 1.29 is 9.67 Å². The topological polar surface area (TPSA) is 37.3 Å². The van der Waals surface area contributed by atoms with E-state index in [0.29, 0.717) is 5.31 Å². The lowest BCUT2D eigenvalue weighted by Gasteiger charge is -2.21. The quantitative estimate of drug-likeness (QED) is 0.275. The average Bonchev–Trinajstić information content (AvgIpc) is 2.82. The van der Waals surface area contributed by atoms with E-state index in [1.54, 1.807) is 30.4 Å². The molecule has 0 aromatic heterocycles. The van der Waals surface area contributed by atoms with Crippen LogP contribution in [0.15, 0.2) is 128 Å². The fourth-order valence-corrected chi connectivity index (χ4v) is 6.43. The predicted octanol–water partition coefficient (Wildman–Crippen LogP) is 6.78. The third-order valence-electron chi connectivity index (χ3n) is 5.37. The van der Waals surface area contributed by atoms with E-state index in [0.717, 1.165) is 32.5 Å². The van der Waals surface area contributed by atoms with Crippen LogP contribution in [0.1, 0.15) is 0 Å². The highest BCUT2D eigenvalue weighted by atomic mass is 31.2. The van der Waals surface area contributed by atoms with Gasteiger partial charge in [0.15, 0.2) is 7.14 Å². The highest BCUT2D eigenvalue weighted by molar-refractivity contribution is 7.82. The molecule has 0 radical (unpaired) electrons. The fourth-order valence-electron chi connectivity index (χ4n) is 3.77. The van der Waals surface area contributed by atoms with Crippen molar-refractivity contribution in [3.63, 3.8) is 0 Å². The molecule has 0 bridgehead atoms. The SMILES string of the molecule is C=C/C=C(\C=C)P(=O)(c1ccccc1)c1ccc2cc(-c3ccc(O)cc3)ccc2c1. The molecule has 31 heavy (non-hydrogen) atoms. The van der Waals surface area contributed by atoms with Crippen LogP contribution in [0.5, 0.6) is 5.75 Å². The van der Waals surface area contributed by atoms with Gasteiger partial charge in [0, 0.05) is 15.9 Å². The molecule has 152 valence electrons. The van der Waals surface area contributed by atoms with Gasteiger partial charge >= 0.3 is 0 Å². The number of benzene rings is 4. The molecule has 1 N–H and O–H groups in total. The van der Waals surface area contributed by atoms with Gasteiger partial charge in [-0.2, -0.15) is 0 Å². The Kier molecular flexibility index (Phi) is 5.75. The molecule has 0 aliphatic carbocycles. The molecule has 0 fully saturated rings. The number of rotatable bonds is 6. The van der Waals surface area contributed by atoms with E-state index in [1.165, 1.54) is 0 Å². The zero-order valence-electron chi connectivity index (χ0n) is 17.1. The van der Waals surface area contributed by atoms with Crippen LogP contribution in [0.2, 0.25) is 0 Å². The highest BCUT2D eigenvalue weighted by Gasteiger charge is 2.30. The lowest BCUT2D eigenvalue weighted by molar-refractivity contribution is 0.475. The average molecular weight is 422 g/mol. The molecule has 0 heterocycles. The number of phenols is 1. The summed E-state index contributed by atoms with van der Waals surface area (Å²) in [6, 6.07) is 28.8. The van der Waals surface area contributed by atoms with E-state index in [1.807, 2.05) is 72.8 Å². The highest BCUT2D eigenvalue weighted by Crippen LogP contribution is 2.52. The van der Waals surface area contributed by atoms with E-state index in [9.17, 15) is 9.67 Å². The van der Waals surface area contributed by atoms with Crippen molar-refractivity contribution in [2.75, 3.05) is 0 Å². The third kappa shape index (κ3) is 3.91. The summed E-state index contributed by atoms with van der Waals surface area (Å²) < 4.78 is 14.5. The van der Waals surface area contributed by atoms with Crippen LogP contribution in [0.25, 0.3) is 21.9 Å². The normalized spacial score (nSPS) is 13.5. The van der Waals surface area contributed by atoms with Gasteiger partial charge in [0.05, 0.1) is 0 Å². The summed E-state index contributed by atoms with van der Waals surface area (Å²) in [5.74, 6) is 0.247. The number of hydrogen-bond acceptors (Lipinski definition) is 2. The number of phenolic OH excluding ortho intramolecular Hbond substituents is 1. The molecule has 0 aliphatic heterocycles. The van der Waals surface area contributed by atoms with Crippen molar-refractivity contribution in [1.82, 2.24) is 0 Å². The van der Waals surface area contributed by atoms with Crippen molar-refractivity contribution >= 4 is 28.5 Å². The minimum absolute atomic E-state index is 0.247. The van der Waals surface area contributed by atoms with Gasteiger partial charge in [0.1, 0.15) is 5.75 Å².